The lowest BCUT2D eigenvalue weighted by molar-refractivity contribution is -0.129. The second-order valence-electron chi connectivity index (χ2n) is 13.7. The third-order valence-electron chi connectivity index (χ3n) is 8.50. The second-order valence-corrected chi connectivity index (χ2v) is 13.7. The molecule has 58 heavy (non-hydrogen) atoms. The summed E-state index contributed by atoms with van der Waals surface area (Å²) in [6, 6.07) is 5.79. The van der Waals surface area contributed by atoms with Crippen molar-refractivity contribution in [3.63, 3.8) is 0 Å². The van der Waals surface area contributed by atoms with Gasteiger partial charge in [0, 0.05) is 31.6 Å². The Morgan fingerprint density at radius 1 is 0.690 bits per heavy atom. The highest BCUT2D eigenvalue weighted by molar-refractivity contribution is 5.90. The van der Waals surface area contributed by atoms with Gasteiger partial charge < -0.3 is 61.5 Å². The van der Waals surface area contributed by atoms with Crippen LogP contribution in [0.1, 0.15) is 104 Å². The number of hydrogen-bond donors (Lipinski definition) is 7. The summed E-state index contributed by atoms with van der Waals surface area (Å²) in [5.74, 6) is -1.06. The van der Waals surface area contributed by atoms with E-state index in [1.807, 2.05) is 27.7 Å². The van der Waals surface area contributed by atoms with Gasteiger partial charge in [0.25, 0.3) is 0 Å². The van der Waals surface area contributed by atoms with E-state index in [-0.39, 0.29) is 56.0 Å². The molecule has 1 atom stereocenters. The summed E-state index contributed by atoms with van der Waals surface area (Å²) in [5.41, 5.74) is 11.7. The molecule has 0 aromatic heterocycles. The highest BCUT2D eigenvalue weighted by Crippen LogP contribution is 2.19. The summed E-state index contributed by atoms with van der Waals surface area (Å²) in [7, 11) is 0. The van der Waals surface area contributed by atoms with Gasteiger partial charge in [-0.3, -0.25) is 19.2 Å². The van der Waals surface area contributed by atoms with Crippen LogP contribution in [0.4, 0.5) is 10.5 Å². The largest absolute Gasteiger partial charge is 0.392 e. The number of amides is 6. The summed E-state index contributed by atoms with van der Waals surface area (Å²) in [6.45, 7) is 11.8. The Morgan fingerprint density at radius 2 is 1.24 bits per heavy atom. The molecule has 17 heteroatoms. The van der Waals surface area contributed by atoms with Crippen LogP contribution in [-0.2, 0) is 49.5 Å². The second kappa shape index (κ2) is 37.4. The molecule has 0 radical (unpaired) electrons. The molecule has 1 fully saturated rings. The van der Waals surface area contributed by atoms with Crippen molar-refractivity contribution in [2.45, 2.75) is 117 Å². The van der Waals surface area contributed by atoms with E-state index in [1.54, 1.807) is 24.3 Å². The zero-order chi connectivity index (χ0) is 43.2. The Kier molecular flexibility index (Phi) is 34.9. The molecule has 0 spiro atoms. The molecule has 1 aliphatic rings. The van der Waals surface area contributed by atoms with E-state index in [4.69, 9.17) is 40.3 Å². The van der Waals surface area contributed by atoms with Crippen LogP contribution in [0.2, 0.25) is 0 Å². The molecule has 1 aromatic rings. The van der Waals surface area contributed by atoms with Gasteiger partial charge in [-0.2, -0.15) is 0 Å². The quantitative estimate of drug-likeness (QED) is 0.0604. The SMILES string of the molecule is CC.CC(C)C(NC(=O)CCOCCOCCOCCOCCNC(=O)COC1CCCCCCC1)C(N)=O.NC(=O)NCCCCC(=O)Nc1ccc(CO)cc1. The van der Waals surface area contributed by atoms with Crippen molar-refractivity contribution in [3.05, 3.63) is 29.8 Å². The molecule has 1 unspecified atom stereocenters. The summed E-state index contributed by atoms with van der Waals surface area (Å²) < 4.78 is 27.4. The van der Waals surface area contributed by atoms with Crippen molar-refractivity contribution in [1.82, 2.24) is 16.0 Å². The van der Waals surface area contributed by atoms with Crippen molar-refractivity contribution in [3.8, 4) is 0 Å². The van der Waals surface area contributed by atoms with Gasteiger partial charge in [0.05, 0.1) is 65.6 Å². The van der Waals surface area contributed by atoms with Crippen molar-refractivity contribution in [1.29, 1.82) is 0 Å². The van der Waals surface area contributed by atoms with Crippen LogP contribution in [0, 0.1) is 5.92 Å². The summed E-state index contributed by atoms with van der Waals surface area (Å²) in [4.78, 5) is 57.0. The fraction of sp³-hybridized carbons (Fsp3) is 0.732. The smallest absolute Gasteiger partial charge is 0.312 e. The number of anilines is 1. The monoisotopic (exact) mass is 827 g/mol. The number of nitrogens with two attached hydrogens (primary N) is 2. The predicted octanol–water partition coefficient (Wildman–Crippen LogP) is 3.30. The minimum Gasteiger partial charge on any atom is -0.392 e. The van der Waals surface area contributed by atoms with Gasteiger partial charge in [-0.1, -0.05) is 71.9 Å². The molecule has 0 saturated heterocycles. The first-order chi connectivity index (χ1) is 28.0. The van der Waals surface area contributed by atoms with Crippen LogP contribution in [0.5, 0.6) is 0 Å². The minimum atomic E-state index is -0.674. The van der Waals surface area contributed by atoms with E-state index in [0.717, 1.165) is 18.4 Å². The third-order valence-corrected chi connectivity index (χ3v) is 8.50. The zero-order valence-corrected chi connectivity index (χ0v) is 35.5. The molecule has 0 aliphatic heterocycles. The Balaban J connectivity index is 0.00000129. The number of rotatable bonds is 28. The maximum atomic E-state index is 11.9. The van der Waals surface area contributed by atoms with E-state index in [1.165, 1.54) is 32.1 Å². The fourth-order valence-corrected chi connectivity index (χ4v) is 5.37. The van der Waals surface area contributed by atoms with E-state index >= 15 is 0 Å². The number of nitrogens with one attached hydrogen (secondary N) is 4. The summed E-state index contributed by atoms with van der Waals surface area (Å²) >= 11 is 0. The first-order valence-corrected chi connectivity index (χ1v) is 20.8. The van der Waals surface area contributed by atoms with Gasteiger partial charge in [0.15, 0.2) is 0 Å². The Morgan fingerprint density at radius 3 is 1.78 bits per heavy atom. The lowest BCUT2D eigenvalue weighted by Gasteiger charge is -2.20. The van der Waals surface area contributed by atoms with Crippen molar-refractivity contribution in [2.75, 3.05) is 77.9 Å². The highest BCUT2D eigenvalue weighted by Gasteiger charge is 2.21. The van der Waals surface area contributed by atoms with Gasteiger partial charge >= 0.3 is 6.03 Å². The minimum absolute atomic E-state index is 0.0128. The topological polar surface area (TPSA) is 252 Å². The van der Waals surface area contributed by atoms with Gasteiger partial charge in [0.1, 0.15) is 12.6 Å². The molecule has 1 aliphatic carbocycles. The highest BCUT2D eigenvalue weighted by atomic mass is 16.6. The molecule has 0 heterocycles. The number of benzene rings is 1. The van der Waals surface area contributed by atoms with E-state index in [0.29, 0.717) is 84.3 Å². The van der Waals surface area contributed by atoms with Gasteiger partial charge in [-0.05, 0) is 49.3 Å². The summed E-state index contributed by atoms with van der Waals surface area (Å²) in [5, 5.41) is 19.5. The molecule has 17 nitrogen and oxygen atoms in total. The molecule has 6 amide bonds. The lowest BCUT2D eigenvalue weighted by Crippen LogP contribution is -2.47. The molecule has 334 valence electrons. The third kappa shape index (κ3) is 32.1. The Hall–Kier alpha value is -3.87. The number of carbonyl (C=O) groups is 5. The Bertz CT molecular complexity index is 1220. The summed E-state index contributed by atoms with van der Waals surface area (Å²) in [6.07, 6.45) is 10.5. The first-order valence-electron chi connectivity index (χ1n) is 20.8. The number of aliphatic hydroxyl groups is 1. The molecule has 1 aromatic carbocycles. The molecule has 0 bridgehead atoms. The molecule has 2 rings (SSSR count). The van der Waals surface area contributed by atoms with E-state index < -0.39 is 18.0 Å². The maximum Gasteiger partial charge on any atom is 0.312 e. The fourth-order valence-electron chi connectivity index (χ4n) is 5.37. The van der Waals surface area contributed by atoms with Crippen LogP contribution in [0.3, 0.4) is 0 Å². The average molecular weight is 827 g/mol. The van der Waals surface area contributed by atoms with Crippen molar-refractivity contribution in [2.24, 2.45) is 17.4 Å². The van der Waals surface area contributed by atoms with Crippen LogP contribution in [-0.4, -0.2) is 119 Å². The van der Waals surface area contributed by atoms with Crippen LogP contribution in [0.25, 0.3) is 0 Å². The normalized spacial score (nSPS) is 13.3. The molecule has 1 saturated carbocycles. The van der Waals surface area contributed by atoms with Crippen molar-refractivity contribution < 1.29 is 52.8 Å². The number of primary amides is 2. The molecular weight excluding hydrogens is 752 g/mol. The van der Waals surface area contributed by atoms with E-state index in [9.17, 15) is 24.0 Å². The predicted molar refractivity (Wildman–Crippen MR) is 223 cm³/mol. The average Bonchev–Trinajstić information content (AvgIpc) is 3.18. The number of unbranched alkanes of at least 4 members (excludes halogenated alkanes) is 1. The van der Waals surface area contributed by atoms with Gasteiger partial charge in [0.2, 0.25) is 23.6 Å². The molecular formula is C41H74N6O11. The van der Waals surface area contributed by atoms with Crippen molar-refractivity contribution >= 4 is 35.3 Å². The number of urea groups is 1. The number of hydrogen-bond acceptors (Lipinski definition) is 11. The maximum absolute atomic E-state index is 11.9. The van der Waals surface area contributed by atoms with Gasteiger partial charge in [-0.15, -0.1) is 0 Å². The standard InChI is InChI=1S/C26H49N3O8.C13H19N3O3.C2H6/c1-21(2)25(26(27)32)29-23(30)10-12-33-14-16-35-18-19-36-17-15-34-13-11-28-24(31)20-37-22-8-6-4-3-5-7-9-22;14-13(19)15-8-2-1-3-12(18)16-11-6-4-10(9-17)5-7-11;1-2/h21-22,25H,3-20H2,1-2H3,(H2,27,32)(H,28,31)(H,29,30);4-7,17H,1-3,8-9H2,(H,16,18)(H3,14,15,19);1-2H3. The lowest BCUT2D eigenvalue weighted by atomic mass is 9.99. The van der Waals surface area contributed by atoms with Gasteiger partial charge in [-0.25, -0.2) is 4.79 Å². The molecule has 9 N–H and O–H groups in total. The zero-order valence-electron chi connectivity index (χ0n) is 35.5. The number of ether oxygens (including phenoxy) is 5. The van der Waals surface area contributed by atoms with E-state index in [2.05, 4.69) is 21.3 Å². The number of aliphatic hydroxyl groups excluding tert-OH is 1. The van der Waals surface area contributed by atoms with Crippen LogP contribution >= 0.6 is 0 Å². The van der Waals surface area contributed by atoms with Crippen LogP contribution < -0.4 is 32.7 Å². The first kappa shape index (κ1) is 54.1. The number of carbonyl (C=O) groups excluding carboxylic acids is 5. The Labute approximate surface area is 345 Å². The van der Waals surface area contributed by atoms with Crippen LogP contribution in [0.15, 0.2) is 24.3 Å².